The minimum absolute atomic E-state index is 0.0653. The van der Waals surface area contributed by atoms with Gasteiger partial charge in [-0.2, -0.15) is 0 Å². The van der Waals surface area contributed by atoms with E-state index in [1.165, 1.54) is 4.68 Å². The summed E-state index contributed by atoms with van der Waals surface area (Å²) in [6, 6.07) is 0. The molecular formula is C11H20N4O2S. The fourth-order valence-corrected chi connectivity index (χ4v) is 1.85. The van der Waals surface area contributed by atoms with Crippen molar-refractivity contribution < 1.29 is 9.90 Å². The van der Waals surface area contributed by atoms with E-state index in [0.717, 1.165) is 18.2 Å². The van der Waals surface area contributed by atoms with Gasteiger partial charge in [0, 0.05) is 6.42 Å². The third-order valence-electron chi connectivity index (χ3n) is 3.03. The van der Waals surface area contributed by atoms with Crippen molar-refractivity contribution in [1.29, 1.82) is 0 Å². The second-order valence-electron chi connectivity index (χ2n) is 5.42. The van der Waals surface area contributed by atoms with Gasteiger partial charge < -0.3 is 10.9 Å². The zero-order valence-electron chi connectivity index (χ0n) is 11.2. The molecule has 0 amide bonds. The van der Waals surface area contributed by atoms with Crippen molar-refractivity contribution >= 4 is 17.7 Å². The van der Waals surface area contributed by atoms with Gasteiger partial charge >= 0.3 is 5.97 Å². The zero-order valence-corrected chi connectivity index (χ0v) is 12.0. The highest BCUT2D eigenvalue weighted by molar-refractivity contribution is 7.99. The predicted molar refractivity (Wildman–Crippen MR) is 70.9 cm³/mol. The number of aliphatic carboxylic acids is 1. The van der Waals surface area contributed by atoms with E-state index < -0.39 is 5.97 Å². The molecule has 0 fully saturated rings. The SMILES string of the molecule is CC(Cc1nnc(SCC(=O)O)n1N)C(C)(C)C. The molecule has 0 bridgehead atoms. The first-order valence-electron chi connectivity index (χ1n) is 5.75. The van der Waals surface area contributed by atoms with E-state index in [2.05, 4.69) is 37.9 Å². The van der Waals surface area contributed by atoms with Crippen LogP contribution in [0.5, 0.6) is 0 Å². The zero-order chi connectivity index (χ0) is 13.9. The largest absolute Gasteiger partial charge is 0.481 e. The molecule has 0 aliphatic heterocycles. The second kappa shape index (κ2) is 5.60. The van der Waals surface area contributed by atoms with Crippen molar-refractivity contribution in [3.63, 3.8) is 0 Å². The van der Waals surface area contributed by atoms with E-state index >= 15 is 0 Å². The molecule has 6 nitrogen and oxygen atoms in total. The Kier molecular flexibility index (Phi) is 4.61. The molecule has 102 valence electrons. The van der Waals surface area contributed by atoms with Gasteiger partial charge in [-0.25, -0.2) is 4.68 Å². The number of nitrogen functional groups attached to an aromatic ring is 1. The first kappa shape index (κ1) is 14.8. The first-order chi connectivity index (χ1) is 8.21. The summed E-state index contributed by atoms with van der Waals surface area (Å²) in [6.45, 7) is 8.62. The van der Waals surface area contributed by atoms with Crippen LogP contribution in [0.2, 0.25) is 0 Å². The maximum Gasteiger partial charge on any atom is 0.313 e. The van der Waals surface area contributed by atoms with Crippen molar-refractivity contribution in [3.8, 4) is 0 Å². The molecule has 1 unspecified atom stereocenters. The summed E-state index contributed by atoms with van der Waals surface area (Å²) in [7, 11) is 0. The monoisotopic (exact) mass is 272 g/mol. The summed E-state index contributed by atoms with van der Waals surface area (Å²) < 4.78 is 1.38. The summed E-state index contributed by atoms with van der Waals surface area (Å²) in [4.78, 5) is 10.5. The minimum atomic E-state index is -0.896. The molecule has 0 saturated carbocycles. The van der Waals surface area contributed by atoms with Gasteiger partial charge in [-0.15, -0.1) is 10.2 Å². The highest BCUT2D eigenvalue weighted by Crippen LogP contribution is 2.28. The number of hydrogen-bond donors (Lipinski definition) is 2. The smallest absolute Gasteiger partial charge is 0.313 e. The molecule has 7 heteroatoms. The third-order valence-corrected chi connectivity index (χ3v) is 3.95. The predicted octanol–water partition coefficient (Wildman–Crippen LogP) is 1.39. The molecule has 0 aromatic carbocycles. The first-order valence-corrected chi connectivity index (χ1v) is 6.74. The number of nitrogens with two attached hydrogens (primary N) is 1. The van der Waals surface area contributed by atoms with Crippen molar-refractivity contribution in [1.82, 2.24) is 14.9 Å². The molecule has 1 rings (SSSR count). The van der Waals surface area contributed by atoms with E-state index in [1.807, 2.05) is 0 Å². The molecule has 18 heavy (non-hydrogen) atoms. The quantitative estimate of drug-likeness (QED) is 0.621. The summed E-state index contributed by atoms with van der Waals surface area (Å²) in [5.74, 6) is 5.99. The lowest BCUT2D eigenvalue weighted by Gasteiger charge is -2.26. The van der Waals surface area contributed by atoms with Crippen molar-refractivity contribution in [2.24, 2.45) is 11.3 Å². The Labute approximate surface area is 111 Å². The Morgan fingerprint density at radius 1 is 1.50 bits per heavy atom. The summed E-state index contributed by atoms with van der Waals surface area (Å²) in [5, 5.41) is 17.0. The van der Waals surface area contributed by atoms with Gasteiger partial charge in [0.15, 0.2) is 5.82 Å². The lowest BCUT2D eigenvalue weighted by Crippen LogP contribution is -2.23. The standard InChI is InChI=1S/C11H20N4O2S/c1-7(11(2,3)4)5-8-13-14-10(15(8)12)18-6-9(16)17/h7H,5-6,12H2,1-4H3,(H,16,17). The molecule has 1 aromatic rings. The van der Waals surface area contributed by atoms with Crippen LogP contribution in [0.1, 0.15) is 33.5 Å². The maximum absolute atomic E-state index is 10.5. The molecule has 0 aliphatic carbocycles. The number of aromatic nitrogens is 3. The molecule has 0 spiro atoms. The van der Waals surface area contributed by atoms with Crippen LogP contribution in [0.3, 0.4) is 0 Å². The third kappa shape index (κ3) is 3.90. The van der Waals surface area contributed by atoms with Gasteiger partial charge in [-0.3, -0.25) is 4.79 Å². The Morgan fingerprint density at radius 2 is 2.11 bits per heavy atom. The minimum Gasteiger partial charge on any atom is -0.481 e. The average Bonchev–Trinajstić information content (AvgIpc) is 2.56. The maximum atomic E-state index is 10.5. The molecule has 0 aliphatic rings. The molecule has 1 aromatic heterocycles. The molecule has 1 atom stereocenters. The Balaban J connectivity index is 2.72. The van der Waals surface area contributed by atoms with Crippen LogP contribution in [-0.2, 0) is 11.2 Å². The number of hydrogen-bond acceptors (Lipinski definition) is 5. The number of carboxylic acids is 1. The van der Waals surface area contributed by atoms with Crippen LogP contribution in [0, 0.1) is 11.3 Å². The van der Waals surface area contributed by atoms with E-state index in [9.17, 15) is 4.79 Å². The summed E-state index contributed by atoms with van der Waals surface area (Å²) >= 11 is 1.08. The molecule has 0 radical (unpaired) electrons. The van der Waals surface area contributed by atoms with Crippen LogP contribution >= 0.6 is 11.8 Å². The Hall–Kier alpha value is -1.24. The van der Waals surface area contributed by atoms with E-state index in [0.29, 0.717) is 16.9 Å². The van der Waals surface area contributed by atoms with Crippen molar-refractivity contribution in [2.45, 2.75) is 39.3 Å². The fourth-order valence-electron chi connectivity index (χ4n) is 1.25. The van der Waals surface area contributed by atoms with Crippen LogP contribution in [0.4, 0.5) is 0 Å². The van der Waals surface area contributed by atoms with Crippen molar-refractivity contribution in [2.75, 3.05) is 11.6 Å². The Bertz CT molecular complexity index is 425. The van der Waals surface area contributed by atoms with Gasteiger partial charge in [0.05, 0.1) is 5.75 Å². The topological polar surface area (TPSA) is 94.0 Å². The van der Waals surface area contributed by atoms with E-state index in [1.54, 1.807) is 0 Å². The van der Waals surface area contributed by atoms with Crippen LogP contribution in [0.15, 0.2) is 5.16 Å². The molecule has 0 saturated heterocycles. The van der Waals surface area contributed by atoms with Crippen LogP contribution in [0.25, 0.3) is 0 Å². The van der Waals surface area contributed by atoms with Gasteiger partial charge in [-0.05, 0) is 11.3 Å². The number of rotatable bonds is 5. The normalized spacial score (nSPS) is 13.6. The summed E-state index contributed by atoms with van der Waals surface area (Å²) in [6.07, 6.45) is 0.723. The molecule has 3 N–H and O–H groups in total. The second-order valence-corrected chi connectivity index (χ2v) is 6.36. The highest BCUT2D eigenvalue weighted by Gasteiger charge is 2.23. The number of thioether (sulfide) groups is 1. The fraction of sp³-hybridized carbons (Fsp3) is 0.727. The van der Waals surface area contributed by atoms with Crippen molar-refractivity contribution in [3.05, 3.63) is 5.82 Å². The molecular weight excluding hydrogens is 252 g/mol. The van der Waals surface area contributed by atoms with Crippen LogP contribution in [-0.4, -0.2) is 31.7 Å². The van der Waals surface area contributed by atoms with Gasteiger partial charge in [-0.1, -0.05) is 39.5 Å². The molecule has 1 heterocycles. The van der Waals surface area contributed by atoms with E-state index in [-0.39, 0.29) is 11.2 Å². The van der Waals surface area contributed by atoms with Gasteiger partial charge in [0.1, 0.15) is 0 Å². The number of nitrogens with zero attached hydrogens (tertiary/aromatic N) is 3. The lowest BCUT2D eigenvalue weighted by atomic mass is 9.80. The van der Waals surface area contributed by atoms with Gasteiger partial charge in [0.2, 0.25) is 5.16 Å². The summed E-state index contributed by atoms with van der Waals surface area (Å²) in [5.41, 5.74) is 0.167. The highest BCUT2D eigenvalue weighted by atomic mass is 32.2. The lowest BCUT2D eigenvalue weighted by molar-refractivity contribution is -0.133. The average molecular weight is 272 g/mol. The number of carbonyl (C=O) groups is 1. The number of carboxylic acid groups (broad SMARTS) is 1. The Morgan fingerprint density at radius 3 is 2.61 bits per heavy atom. The van der Waals surface area contributed by atoms with Crippen LogP contribution < -0.4 is 5.84 Å². The van der Waals surface area contributed by atoms with E-state index in [4.69, 9.17) is 10.9 Å². The van der Waals surface area contributed by atoms with Gasteiger partial charge in [0.25, 0.3) is 0 Å².